The van der Waals surface area contributed by atoms with Crippen LogP contribution in [0.25, 0.3) is 0 Å². The van der Waals surface area contributed by atoms with Crippen LogP contribution in [0.5, 0.6) is 0 Å². The van der Waals surface area contributed by atoms with Crippen LogP contribution in [0, 0.1) is 11.3 Å². The molecule has 1 aliphatic rings. The Morgan fingerprint density at radius 2 is 1.82 bits per heavy atom. The predicted molar refractivity (Wildman–Crippen MR) is 108 cm³/mol. The minimum absolute atomic E-state index is 0.0698. The number of carbonyl (C=O) groups excluding carboxylic acids is 1. The molecule has 0 aliphatic carbocycles. The van der Waals surface area contributed by atoms with Gasteiger partial charge in [-0.3, -0.25) is 4.79 Å². The van der Waals surface area contributed by atoms with Crippen LogP contribution in [0.15, 0.2) is 53.4 Å². The van der Waals surface area contributed by atoms with E-state index in [1.807, 2.05) is 37.4 Å². The molecule has 0 saturated heterocycles. The lowest BCUT2D eigenvalue weighted by molar-refractivity contribution is 0.0986. The lowest BCUT2D eigenvalue weighted by Crippen LogP contribution is -2.35. The average Bonchev–Trinajstić information content (AvgIpc) is 2.86. The highest BCUT2D eigenvalue weighted by atomic mass is 32.2. The van der Waals surface area contributed by atoms with E-state index in [0.29, 0.717) is 18.5 Å². The summed E-state index contributed by atoms with van der Waals surface area (Å²) in [5.41, 5.74) is 2.44. The molecule has 3 rings (SSSR count). The molecular weight excluding hydrogens is 374 g/mol. The van der Waals surface area contributed by atoms with Crippen LogP contribution in [0.4, 0.5) is 5.69 Å². The summed E-state index contributed by atoms with van der Waals surface area (Å²) in [5.74, 6) is -0.212. The van der Waals surface area contributed by atoms with Crippen molar-refractivity contribution in [3.05, 3.63) is 59.7 Å². The number of nitriles is 1. The monoisotopic (exact) mass is 397 g/mol. The molecule has 0 bridgehead atoms. The normalized spacial score (nSPS) is 14.8. The number of likely N-dealkylation sites (N-methyl/N-ethyl adjacent to an activating group) is 1. The van der Waals surface area contributed by atoms with Crippen LogP contribution < -0.4 is 4.90 Å². The number of para-hydroxylation sites is 1. The lowest BCUT2D eigenvalue weighted by Gasteiger charge is -2.23. The van der Waals surface area contributed by atoms with Gasteiger partial charge in [0.15, 0.2) is 9.84 Å². The van der Waals surface area contributed by atoms with E-state index < -0.39 is 9.84 Å². The summed E-state index contributed by atoms with van der Waals surface area (Å²) in [4.78, 5) is 17.2. The van der Waals surface area contributed by atoms with Crippen LogP contribution in [0.2, 0.25) is 0 Å². The lowest BCUT2D eigenvalue weighted by atomic mass is 10.1. The van der Waals surface area contributed by atoms with Crippen LogP contribution in [0.1, 0.15) is 28.8 Å². The third-order valence-corrected chi connectivity index (χ3v) is 6.65. The molecule has 0 radical (unpaired) electrons. The molecule has 7 heteroatoms. The number of sulfone groups is 1. The van der Waals surface area contributed by atoms with Gasteiger partial charge in [0.1, 0.15) is 0 Å². The molecule has 1 aliphatic heterocycles. The van der Waals surface area contributed by atoms with Gasteiger partial charge in [-0.25, -0.2) is 8.42 Å². The summed E-state index contributed by atoms with van der Waals surface area (Å²) in [5, 5.41) is 8.57. The molecule has 0 saturated carbocycles. The van der Waals surface area contributed by atoms with E-state index >= 15 is 0 Å². The quantitative estimate of drug-likeness (QED) is 0.725. The third-order valence-electron chi connectivity index (χ3n) is 4.84. The van der Waals surface area contributed by atoms with E-state index in [2.05, 4.69) is 4.90 Å². The van der Waals surface area contributed by atoms with Crippen LogP contribution in [-0.4, -0.2) is 45.1 Å². The molecule has 0 fully saturated rings. The maximum absolute atomic E-state index is 13.1. The zero-order valence-corrected chi connectivity index (χ0v) is 16.7. The summed E-state index contributed by atoms with van der Waals surface area (Å²) in [6, 6.07) is 15.9. The summed E-state index contributed by atoms with van der Waals surface area (Å²) in [7, 11) is -1.42. The highest BCUT2D eigenvalue weighted by Crippen LogP contribution is 2.26. The molecule has 0 aromatic heterocycles. The standard InChI is InChI=1S/C21H23N3O3S/c1-23-13-14-24(20-7-3-2-6-18(20)16-23)21(25)17-8-10-19(11-9-17)28(26,27)15-5-4-12-22/h2-3,6-11H,4-5,13-16H2,1H3. The molecule has 0 spiro atoms. The van der Waals surface area contributed by atoms with Gasteiger partial charge in [-0.1, -0.05) is 18.2 Å². The molecule has 1 amide bonds. The number of carbonyl (C=O) groups is 1. The number of nitrogens with zero attached hydrogens (tertiary/aromatic N) is 3. The summed E-state index contributed by atoms with van der Waals surface area (Å²) < 4.78 is 24.6. The first-order chi connectivity index (χ1) is 13.4. The molecule has 0 atom stereocenters. The number of fused-ring (bicyclic) bond motifs is 1. The minimum atomic E-state index is -3.44. The maximum atomic E-state index is 13.1. The third kappa shape index (κ3) is 4.41. The number of benzene rings is 2. The van der Waals surface area contributed by atoms with E-state index in [1.165, 1.54) is 12.1 Å². The Bertz CT molecular complexity index is 994. The molecule has 0 N–H and O–H groups in total. The molecule has 1 heterocycles. The SMILES string of the molecule is CN1CCN(C(=O)c2ccc(S(=O)(=O)CCCC#N)cc2)c2ccccc2C1. The molecule has 6 nitrogen and oxygen atoms in total. The van der Waals surface area contributed by atoms with Crippen LogP contribution in [-0.2, 0) is 16.4 Å². The molecule has 146 valence electrons. The van der Waals surface area contributed by atoms with E-state index in [9.17, 15) is 13.2 Å². The van der Waals surface area contributed by atoms with E-state index in [1.54, 1.807) is 17.0 Å². The topological polar surface area (TPSA) is 81.5 Å². The Balaban J connectivity index is 1.83. The molecule has 28 heavy (non-hydrogen) atoms. The van der Waals surface area contributed by atoms with Crippen molar-refractivity contribution in [1.29, 1.82) is 5.26 Å². The van der Waals surface area contributed by atoms with Crippen molar-refractivity contribution in [1.82, 2.24) is 4.90 Å². The Labute approximate surface area is 165 Å². The van der Waals surface area contributed by atoms with Crippen molar-refractivity contribution in [3.63, 3.8) is 0 Å². The second-order valence-electron chi connectivity index (χ2n) is 6.93. The first kappa shape index (κ1) is 20.1. The average molecular weight is 398 g/mol. The Hall–Kier alpha value is -2.69. The first-order valence-electron chi connectivity index (χ1n) is 9.20. The molecule has 2 aromatic carbocycles. The van der Waals surface area contributed by atoms with Gasteiger partial charge in [0.25, 0.3) is 5.91 Å². The van der Waals surface area contributed by atoms with Gasteiger partial charge < -0.3 is 9.80 Å². The minimum Gasteiger partial charge on any atom is -0.307 e. The molecule has 2 aromatic rings. The second-order valence-corrected chi connectivity index (χ2v) is 9.04. The number of hydrogen-bond donors (Lipinski definition) is 0. The highest BCUT2D eigenvalue weighted by molar-refractivity contribution is 7.91. The predicted octanol–water partition coefficient (Wildman–Crippen LogP) is 2.86. The largest absolute Gasteiger partial charge is 0.307 e. The van der Waals surface area contributed by atoms with Crippen LogP contribution in [0.3, 0.4) is 0 Å². The number of amides is 1. The number of anilines is 1. The van der Waals surface area contributed by atoms with Crippen molar-refractivity contribution in [2.75, 3.05) is 30.8 Å². The fourth-order valence-corrected chi connectivity index (χ4v) is 4.61. The zero-order chi connectivity index (χ0) is 20.1. The van der Waals surface area contributed by atoms with Crippen molar-refractivity contribution >= 4 is 21.4 Å². The van der Waals surface area contributed by atoms with E-state index in [-0.39, 0.29) is 23.0 Å². The van der Waals surface area contributed by atoms with Gasteiger partial charge in [0, 0.05) is 37.3 Å². The first-order valence-corrected chi connectivity index (χ1v) is 10.9. The fourth-order valence-electron chi connectivity index (χ4n) is 3.30. The number of hydrogen-bond acceptors (Lipinski definition) is 5. The second kappa shape index (κ2) is 8.55. The fraction of sp³-hybridized carbons (Fsp3) is 0.333. The zero-order valence-electron chi connectivity index (χ0n) is 15.8. The Morgan fingerprint density at radius 3 is 2.54 bits per heavy atom. The van der Waals surface area contributed by atoms with Crippen molar-refractivity contribution < 1.29 is 13.2 Å². The summed E-state index contributed by atoms with van der Waals surface area (Å²) in [6.07, 6.45) is 0.510. The van der Waals surface area contributed by atoms with E-state index in [4.69, 9.17) is 5.26 Å². The van der Waals surface area contributed by atoms with E-state index in [0.717, 1.165) is 24.3 Å². The highest BCUT2D eigenvalue weighted by Gasteiger charge is 2.24. The summed E-state index contributed by atoms with van der Waals surface area (Å²) in [6.45, 7) is 2.10. The smallest absolute Gasteiger partial charge is 0.258 e. The summed E-state index contributed by atoms with van der Waals surface area (Å²) >= 11 is 0. The Kier molecular flexibility index (Phi) is 6.12. The maximum Gasteiger partial charge on any atom is 0.258 e. The van der Waals surface area contributed by atoms with Crippen LogP contribution >= 0.6 is 0 Å². The van der Waals surface area contributed by atoms with Gasteiger partial charge in [-0.05, 0) is 49.4 Å². The number of rotatable bonds is 5. The molecule has 0 unspecified atom stereocenters. The van der Waals surface area contributed by atoms with Gasteiger partial charge in [0.2, 0.25) is 0 Å². The van der Waals surface area contributed by atoms with Crippen molar-refractivity contribution in [2.45, 2.75) is 24.3 Å². The van der Waals surface area contributed by atoms with Gasteiger partial charge in [-0.15, -0.1) is 0 Å². The van der Waals surface area contributed by atoms with Gasteiger partial charge >= 0.3 is 0 Å². The van der Waals surface area contributed by atoms with Crippen molar-refractivity contribution in [2.24, 2.45) is 0 Å². The van der Waals surface area contributed by atoms with Gasteiger partial charge in [-0.2, -0.15) is 5.26 Å². The number of unbranched alkanes of at least 4 members (excludes halogenated alkanes) is 1. The van der Waals surface area contributed by atoms with Crippen molar-refractivity contribution in [3.8, 4) is 6.07 Å². The Morgan fingerprint density at radius 1 is 1.11 bits per heavy atom. The van der Waals surface area contributed by atoms with Gasteiger partial charge in [0.05, 0.1) is 16.7 Å². The molecular formula is C21H23N3O3S.